The van der Waals surface area contributed by atoms with Crippen molar-refractivity contribution >= 4 is 11.8 Å². The first-order valence-electron chi connectivity index (χ1n) is 7.06. The molecule has 0 bridgehead atoms. The van der Waals surface area contributed by atoms with Gasteiger partial charge in [0.1, 0.15) is 22.9 Å². The largest absolute Gasteiger partial charge is 0.497 e. The van der Waals surface area contributed by atoms with Crippen LogP contribution in [0.2, 0.25) is 0 Å². The molecule has 1 aromatic rings. The van der Waals surface area contributed by atoms with Crippen LogP contribution in [-0.2, 0) is 4.79 Å². The number of hydrogen-bond acceptors (Lipinski definition) is 3. The van der Waals surface area contributed by atoms with E-state index in [-0.39, 0.29) is 12.2 Å². The molecule has 1 aliphatic heterocycles. The summed E-state index contributed by atoms with van der Waals surface area (Å²) in [5.41, 5.74) is 4.55. The van der Waals surface area contributed by atoms with Crippen LogP contribution < -0.4 is 10.5 Å². The molecule has 7 heteroatoms. The van der Waals surface area contributed by atoms with Gasteiger partial charge in [-0.25, -0.2) is 8.78 Å². The second-order valence-corrected chi connectivity index (χ2v) is 5.28. The summed E-state index contributed by atoms with van der Waals surface area (Å²) < 4.78 is 32.8. The van der Waals surface area contributed by atoms with Crippen molar-refractivity contribution in [3.8, 4) is 5.75 Å². The summed E-state index contributed by atoms with van der Waals surface area (Å²) in [4.78, 5) is 24.9. The van der Waals surface area contributed by atoms with Crippen molar-refractivity contribution in [2.24, 2.45) is 5.73 Å². The third-order valence-electron chi connectivity index (χ3n) is 3.79. The van der Waals surface area contributed by atoms with Gasteiger partial charge in [0.25, 0.3) is 5.91 Å². The number of carbonyl (C=O) groups excluding carboxylic acids is 2. The average Bonchev–Trinajstić information content (AvgIpc) is 2.46. The van der Waals surface area contributed by atoms with Crippen LogP contribution in [0.1, 0.15) is 36.0 Å². The first-order chi connectivity index (χ1) is 10.4. The Labute approximate surface area is 127 Å². The molecule has 2 rings (SSSR count). The third-order valence-corrected chi connectivity index (χ3v) is 3.79. The van der Waals surface area contributed by atoms with Crippen molar-refractivity contribution in [1.29, 1.82) is 0 Å². The van der Waals surface area contributed by atoms with Crippen LogP contribution in [0.25, 0.3) is 0 Å². The number of benzene rings is 1. The molecule has 1 saturated heterocycles. The minimum atomic E-state index is -0.981. The fraction of sp³-hybridized carbons (Fsp3) is 0.467. The normalized spacial score (nSPS) is 18.1. The lowest BCUT2D eigenvalue weighted by atomic mass is 9.97. The molecule has 2 N–H and O–H groups in total. The molecule has 1 heterocycles. The van der Waals surface area contributed by atoms with Crippen molar-refractivity contribution in [1.82, 2.24) is 4.90 Å². The average molecular weight is 312 g/mol. The van der Waals surface area contributed by atoms with Crippen LogP contribution in [0, 0.1) is 11.6 Å². The Morgan fingerprint density at radius 2 is 1.95 bits per heavy atom. The standard InChI is InChI=1S/C15H18F2N2O3/c1-22-10-7-11(16)14(12(17)8-10)15(21)19-5-3-2-4-9(19)6-13(18)20/h7-9H,2-6H2,1H3,(H2,18,20)/t9-/m0/s1. The lowest BCUT2D eigenvalue weighted by molar-refractivity contribution is -0.119. The topological polar surface area (TPSA) is 72.6 Å². The maximum Gasteiger partial charge on any atom is 0.260 e. The van der Waals surface area contributed by atoms with E-state index >= 15 is 0 Å². The summed E-state index contributed by atoms with van der Waals surface area (Å²) in [6.45, 7) is 0.349. The second kappa shape index (κ2) is 6.72. The number of likely N-dealkylation sites (tertiary alicyclic amines) is 1. The minimum Gasteiger partial charge on any atom is -0.497 e. The highest BCUT2D eigenvalue weighted by molar-refractivity contribution is 5.95. The number of nitrogens with zero attached hydrogens (tertiary/aromatic N) is 1. The van der Waals surface area contributed by atoms with E-state index in [0.29, 0.717) is 13.0 Å². The monoisotopic (exact) mass is 312 g/mol. The van der Waals surface area contributed by atoms with Gasteiger partial charge in [-0.3, -0.25) is 9.59 Å². The zero-order valence-electron chi connectivity index (χ0n) is 12.3. The number of hydrogen-bond donors (Lipinski definition) is 1. The van der Waals surface area contributed by atoms with Crippen molar-refractivity contribution < 1.29 is 23.1 Å². The van der Waals surface area contributed by atoms with Crippen molar-refractivity contribution in [2.75, 3.05) is 13.7 Å². The second-order valence-electron chi connectivity index (χ2n) is 5.28. The molecule has 22 heavy (non-hydrogen) atoms. The van der Waals surface area contributed by atoms with Gasteiger partial charge < -0.3 is 15.4 Å². The molecule has 1 fully saturated rings. The van der Waals surface area contributed by atoms with Crippen molar-refractivity contribution in [3.63, 3.8) is 0 Å². The highest BCUT2D eigenvalue weighted by atomic mass is 19.1. The van der Waals surface area contributed by atoms with E-state index in [1.54, 1.807) is 0 Å². The van der Waals surface area contributed by atoms with Gasteiger partial charge in [0.2, 0.25) is 5.91 Å². The molecule has 2 amide bonds. The van der Waals surface area contributed by atoms with Gasteiger partial charge in [0.15, 0.2) is 0 Å². The molecule has 120 valence electrons. The lowest BCUT2D eigenvalue weighted by Gasteiger charge is -2.35. The number of methoxy groups -OCH3 is 1. The summed E-state index contributed by atoms with van der Waals surface area (Å²) in [5.74, 6) is -3.27. The van der Waals surface area contributed by atoms with E-state index < -0.39 is 35.1 Å². The number of carbonyl (C=O) groups is 2. The third kappa shape index (κ3) is 3.35. The van der Waals surface area contributed by atoms with E-state index in [4.69, 9.17) is 10.5 Å². The molecule has 0 radical (unpaired) electrons. The van der Waals surface area contributed by atoms with Gasteiger partial charge in [-0.05, 0) is 19.3 Å². The molecule has 0 aliphatic carbocycles. The molecule has 1 aliphatic rings. The number of piperidine rings is 1. The smallest absolute Gasteiger partial charge is 0.260 e. The molecule has 0 aromatic heterocycles. The number of primary amides is 1. The number of ether oxygens (including phenoxy) is 1. The summed E-state index contributed by atoms with van der Waals surface area (Å²) in [6.07, 6.45) is 2.15. The zero-order chi connectivity index (χ0) is 16.3. The fourth-order valence-corrected chi connectivity index (χ4v) is 2.73. The van der Waals surface area contributed by atoms with Gasteiger partial charge >= 0.3 is 0 Å². The van der Waals surface area contributed by atoms with E-state index in [9.17, 15) is 18.4 Å². The molecule has 0 saturated carbocycles. The van der Waals surface area contributed by atoms with Gasteiger partial charge in [0, 0.05) is 31.1 Å². The maximum absolute atomic E-state index is 14.0. The van der Waals surface area contributed by atoms with Crippen molar-refractivity contribution in [3.05, 3.63) is 29.3 Å². The first kappa shape index (κ1) is 16.2. The van der Waals surface area contributed by atoms with Gasteiger partial charge in [-0.2, -0.15) is 0 Å². The first-order valence-corrected chi connectivity index (χ1v) is 7.06. The number of rotatable bonds is 4. The Hall–Kier alpha value is -2.18. The van der Waals surface area contributed by atoms with E-state index in [1.165, 1.54) is 12.0 Å². The van der Waals surface area contributed by atoms with Gasteiger partial charge in [-0.1, -0.05) is 0 Å². The maximum atomic E-state index is 14.0. The molecular weight excluding hydrogens is 294 g/mol. The zero-order valence-corrected chi connectivity index (χ0v) is 12.3. The van der Waals surface area contributed by atoms with Crippen LogP contribution >= 0.6 is 0 Å². The molecule has 0 unspecified atom stereocenters. The molecular formula is C15H18F2N2O3. The Kier molecular flexibility index (Phi) is 4.95. The SMILES string of the molecule is COc1cc(F)c(C(=O)N2CCCC[C@H]2CC(N)=O)c(F)c1. The van der Waals surface area contributed by atoms with Crippen LogP contribution in [0.5, 0.6) is 5.75 Å². The highest BCUT2D eigenvalue weighted by Crippen LogP contribution is 2.26. The predicted molar refractivity (Wildman–Crippen MR) is 75.4 cm³/mol. The lowest BCUT2D eigenvalue weighted by Crippen LogP contribution is -2.46. The Morgan fingerprint density at radius 3 is 2.50 bits per heavy atom. The van der Waals surface area contributed by atoms with Gasteiger partial charge in [0.05, 0.1) is 7.11 Å². The number of nitrogens with two attached hydrogens (primary N) is 1. The van der Waals surface area contributed by atoms with Crippen LogP contribution in [0.4, 0.5) is 8.78 Å². The highest BCUT2D eigenvalue weighted by Gasteiger charge is 2.32. The van der Waals surface area contributed by atoms with E-state index in [0.717, 1.165) is 25.0 Å². The Bertz CT molecular complexity index is 569. The summed E-state index contributed by atoms with van der Waals surface area (Å²) in [6, 6.07) is 1.51. The predicted octanol–water partition coefficient (Wildman–Crippen LogP) is 1.84. The molecule has 5 nitrogen and oxygen atoms in total. The Morgan fingerprint density at radius 1 is 1.32 bits per heavy atom. The van der Waals surface area contributed by atoms with Gasteiger partial charge in [-0.15, -0.1) is 0 Å². The fourth-order valence-electron chi connectivity index (χ4n) is 2.73. The summed E-state index contributed by atoms with van der Waals surface area (Å²) >= 11 is 0. The van der Waals surface area contributed by atoms with E-state index in [2.05, 4.69) is 0 Å². The van der Waals surface area contributed by atoms with Crippen LogP contribution in [0.15, 0.2) is 12.1 Å². The molecule has 1 atom stereocenters. The number of amides is 2. The minimum absolute atomic E-state index is 0.00104. The van der Waals surface area contributed by atoms with Crippen LogP contribution in [0.3, 0.4) is 0 Å². The van der Waals surface area contributed by atoms with Crippen molar-refractivity contribution in [2.45, 2.75) is 31.7 Å². The molecule has 0 spiro atoms. The Balaban J connectivity index is 2.31. The van der Waals surface area contributed by atoms with E-state index in [1.807, 2.05) is 0 Å². The number of halogens is 2. The summed E-state index contributed by atoms with van der Waals surface area (Å²) in [5, 5.41) is 0. The summed E-state index contributed by atoms with van der Waals surface area (Å²) in [7, 11) is 1.28. The quantitative estimate of drug-likeness (QED) is 0.922. The molecule has 1 aromatic carbocycles. The van der Waals surface area contributed by atoms with Crippen LogP contribution in [-0.4, -0.2) is 36.4 Å².